The van der Waals surface area contributed by atoms with Gasteiger partial charge in [0, 0.05) is 25.5 Å². The van der Waals surface area contributed by atoms with Gasteiger partial charge in [0.25, 0.3) is 0 Å². The zero-order valence-electron chi connectivity index (χ0n) is 23.6. The third-order valence-corrected chi connectivity index (χ3v) is 11.9. The molecule has 0 aromatic rings. The summed E-state index contributed by atoms with van der Waals surface area (Å²) in [6.45, 7) is 5.83. The molecule has 2 saturated heterocycles. The van der Waals surface area contributed by atoms with Crippen LogP contribution < -0.4 is 0 Å². The highest BCUT2D eigenvalue weighted by Crippen LogP contribution is 2.68. The lowest BCUT2D eigenvalue weighted by Gasteiger charge is -2.62. The van der Waals surface area contributed by atoms with Gasteiger partial charge in [-0.1, -0.05) is 6.92 Å². The Balaban J connectivity index is 1.24. The molecular formula is C30H40O10. The zero-order valence-corrected chi connectivity index (χ0v) is 23.6. The first-order valence-electron chi connectivity index (χ1n) is 14.7. The van der Waals surface area contributed by atoms with Gasteiger partial charge in [-0.3, -0.25) is 4.79 Å². The number of esters is 1. The van der Waals surface area contributed by atoms with Gasteiger partial charge in [-0.15, -0.1) is 0 Å². The summed E-state index contributed by atoms with van der Waals surface area (Å²) in [4.78, 5) is 26.0. The van der Waals surface area contributed by atoms with E-state index in [-0.39, 0.29) is 30.3 Å². The van der Waals surface area contributed by atoms with E-state index in [1.54, 1.807) is 14.0 Å². The maximum atomic E-state index is 14.1. The molecule has 0 bridgehead atoms. The predicted molar refractivity (Wildman–Crippen MR) is 137 cm³/mol. The third kappa shape index (κ3) is 3.26. The number of methoxy groups -OCH3 is 1. The van der Waals surface area contributed by atoms with Gasteiger partial charge in [0.05, 0.1) is 29.3 Å². The van der Waals surface area contributed by atoms with Gasteiger partial charge in [0.1, 0.15) is 12.7 Å². The minimum Gasteiger partial charge on any atom is -0.504 e. The van der Waals surface area contributed by atoms with Crippen molar-refractivity contribution >= 4 is 11.8 Å². The van der Waals surface area contributed by atoms with Gasteiger partial charge >= 0.3 is 5.97 Å². The van der Waals surface area contributed by atoms with E-state index in [2.05, 4.69) is 6.92 Å². The first-order chi connectivity index (χ1) is 18.9. The lowest BCUT2D eigenvalue weighted by molar-refractivity contribution is -0.458. The van der Waals surface area contributed by atoms with Crippen LogP contribution in [0.2, 0.25) is 0 Å². The van der Waals surface area contributed by atoms with Crippen LogP contribution in [-0.2, 0) is 33.3 Å². The largest absolute Gasteiger partial charge is 0.504 e. The van der Waals surface area contributed by atoms with Crippen LogP contribution in [-0.4, -0.2) is 82.9 Å². The molecule has 0 spiro atoms. The van der Waals surface area contributed by atoms with Crippen molar-refractivity contribution in [2.75, 3.05) is 13.7 Å². The number of hydrogen-bond donors (Lipinski definition) is 3. The molecule has 7 rings (SSSR count). The van der Waals surface area contributed by atoms with Crippen molar-refractivity contribution in [2.45, 2.75) is 108 Å². The number of fused-ring (bicyclic) bond motifs is 7. The fourth-order valence-corrected chi connectivity index (χ4v) is 9.79. The molecule has 0 amide bonds. The Morgan fingerprint density at radius 2 is 1.80 bits per heavy atom. The van der Waals surface area contributed by atoms with E-state index in [1.165, 1.54) is 6.08 Å². The van der Waals surface area contributed by atoms with Crippen molar-refractivity contribution in [3.05, 3.63) is 23.0 Å². The standard InChI is InChI=1S/C30H40O10/c1-14-9-21(36-4)30(35)26(38-14)39-20-12-27(2)16(11-19(20)40-30)5-6-18-23(27)24(32)25(33)28(3)17(7-8-29(18,28)34)15-10-22(31)37-13-15/h10,14,16-21,26,32,34-35H,5-9,11-13H2,1-4H3/t14-,16-,17-,18-,19-,20-,21-,26+,27+,28+,29+,30+/m1/s1. The van der Waals surface area contributed by atoms with E-state index in [4.69, 9.17) is 23.7 Å². The van der Waals surface area contributed by atoms with E-state index < -0.39 is 64.5 Å². The number of ether oxygens (including phenoxy) is 5. The Morgan fingerprint density at radius 3 is 2.50 bits per heavy atom. The molecule has 40 heavy (non-hydrogen) atoms. The number of allylic oxidation sites excluding steroid dienone is 1. The Hall–Kier alpha value is -1.82. The van der Waals surface area contributed by atoms with Crippen LogP contribution >= 0.6 is 0 Å². The van der Waals surface area contributed by atoms with Crippen molar-refractivity contribution in [3.8, 4) is 0 Å². The molecule has 0 aromatic carbocycles. The Labute approximate surface area is 233 Å². The molecule has 3 saturated carbocycles. The number of Topliss-reactive ketones (excluding diaryl/α,β-unsaturated/α-hetero) is 1. The van der Waals surface area contributed by atoms with Crippen molar-refractivity contribution in [1.82, 2.24) is 0 Å². The van der Waals surface area contributed by atoms with E-state index >= 15 is 0 Å². The normalized spacial score (nSPS) is 53.6. The molecule has 7 aliphatic rings. The minimum atomic E-state index is -1.72. The topological polar surface area (TPSA) is 141 Å². The number of cyclic esters (lactones) is 1. The fourth-order valence-electron chi connectivity index (χ4n) is 9.79. The number of aliphatic hydroxyl groups excluding tert-OH is 1. The second kappa shape index (κ2) is 8.61. The van der Waals surface area contributed by atoms with E-state index in [9.17, 15) is 24.9 Å². The lowest BCUT2D eigenvalue weighted by atomic mass is 9.46. The number of carbonyl (C=O) groups excluding carboxylic acids is 2. The van der Waals surface area contributed by atoms with Crippen LogP contribution in [0.3, 0.4) is 0 Å². The smallest absolute Gasteiger partial charge is 0.331 e. The first kappa shape index (κ1) is 27.0. The molecule has 4 aliphatic carbocycles. The van der Waals surface area contributed by atoms with Crippen molar-refractivity contribution < 1.29 is 48.6 Å². The average Bonchev–Trinajstić information content (AvgIpc) is 3.45. The van der Waals surface area contributed by atoms with Crippen LogP contribution in [0.25, 0.3) is 0 Å². The van der Waals surface area contributed by atoms with Crippen LogP contribution in [0.4, 0.5) is 0 Å². The average molecular weight is 561 g/mol. The molecule has 220 valence electrons. The predicted octanol–water partition coefficient (Wildman–Crippen LogP) is 2.46. The Kier molecular flexibility index (Phi) is 5.82. The fraction of sp³-hybridized carbons (Fsp3) is 0.800. The summed E-state index contributed by atoms with van der Waals surface area (Å²) < 4.78 is 29.4. The molecule has 12 atom stereocenters. The highest BCUT2D eigenvalue weighted by atomic mass is 16.8. The number of ketones is 1. The van der Waals surface area contributed by atoms with Crippen molar-refractivity contribution in [1.29, 1.82) is 0 Å². The second-order valence-corrected chi connectivity index (χ2v) is 13.6. The molecule has 3 aliphatic heterocycles. The van der Waals surface area contributed by atoms with Crippen LogP contribution in [0.1, 0.15) is 65.7 Å². The summed E-state index contributed by atoms with van der Waals surface area (Å²) in [6.07, 6.45) is 2.64. The molecule has 10 nitrogen and oxygen atoms in total. The van der Waals surface area contributed by atoms with Crippen LogP contribution in [0, 0.1) is 28.6 Å². The molecule has 0 aromatic heterocycles. The summed E-state index contributed by atoms with van der Waals surface area (Å²) >= 11 is 0. The summed E-state index contributed by atoms with van der Waals surface area (Å²) in [5.41, 5.74) is -1.90. The minimum absolute atomic E-state index is 0.0526. The third-order valence-electron chi connectivity index (χ3n) is 11.9. The zero-order chi connectivity index (χ0) is 28.4. The van der Waals surface area contributed by atoms with Gasteiger partial charge in [0.2, 0.25) is 17.9 Å². The van der Waals surface area contributed by atoms with E-state index in [1.807, 2.05) is 6.92 Å². The first-order valence-corrected chi connectivity index (χ1v) is 14.7. The Morgan fingerprint density at radius 1 is 1.02 bits per heavy atom. The molecular weight excluding hydrogens is 520 g/mol. The quantitative estimate of drug-likeness (QED) is 0.341. The van der Waals surface area contributed by atoms with Gasteiger partial charge < -0.3 is 39.0 Å². The molecule has 3 heterocycles. The second-order valence-electron chi connectivity index (χ2n) is 13.6. The number of hydrogen-bond acceptors (Lipinski definition) is 10. The molecule has 5 fully saturated rings. The monoisotopic (exact) mass is 560 g/mol. The summed E-state index contributed by atoms with van der Waals surface area (Å²) in [5, 5.41) is 35.6. The highest BCUT2D eigenvalue weighted by molar-refractivity contribution is 6.02. The van der Waals surface area contributed by atoms with Crippen LogP contribution in [0.5, 0.6) is 0 Å². The molecule has 0 radical (unpaired) electrons. The summed E-state index contributed by atoms with van der Waals surface area (Å²) in [5.74, 6) is -3.60. The van der Waals surface area contributed by atoms with Crippen LogP contribution in [0.15, 0.2) is 23.0 Å². The van der Waals surface area contributed by atoms with Gasteiger partial charge in [-0.05, 0) is 80.8 Å². The molecule has 0 unspecified atom stereocenters. The lowest BCUT2D eigenvalue weighted by Crippen LogP contribution is -2.70. The maximum Gasteiger partial charge on any atom is 0.331 e. The molecule has 3 N–H and O–H groups in total. The van der Waals surface area contributed by atoms with Crippen molar-refractivity contribution in [2.24, 2.45) is 28.6 Å². The van der Waals surface area contributed by atoms with E-state index in [0.717, 1.165) is 6.42 Å². The van der Waals surface area contributed by atoms with E-state index in [0.29, 0.717) is 49.7 Å². The maximum absolute atomic E-state index is 14.1. The number of aliphatic hydroxyl groups is 3. The highest BCUT2D eigenvalue weighted by Gasteiger charge is 2.72. The van der Waals surface area contributed by atoms with Gasteiger partial charge in [-0.25, -0.2) is 4.79 Å². The Bertz CT molecular complexity index is 1210. The summed E-state index contributed by atoms with van der Waals surface area (Å²) in [6, 6.07) is 0. The number of rotatable bonds is 2. The van der Waals surface area contributed by atoms with Crippen molar-refractivity contribution in [3.63, 3.8) is 0 Å². The number of carbonyl (C=O) groups is 2. The SMILES string of the molecule is CO[C@@H]1C[C@@H](C)O[C@H]2O[C@@H]3C[C@]4(C)C5=C(O)C(=O)[C@]6(C)[C@@H](C7=CC(=O)OC7)CC[C@]6(O)[C@@H]5CC[C@@H]4C[C@H]3O[C@]21O. The van der Waals surface area contributed by atoms with Gasteiger partial charge in [0.15, 0.2) is 5.76 Å². The molecule has 10 heteroatoms. The summed E-state index contributed by atoms with van der Waals surface area (Å²) in [7, 11) is 1.54. The van der Waals surface area contributed by atoms with Gasteiger partial charge in [-0.2, -0.15) is 0 Å².